The minimum Gasteiger partial charge on any atom is -0.504 e. The summed E-state index contributed by atoms with van der Waals surface area (Å²) in [7, 11) is 0. The van der Waals surface area contributed by atoms with Crippen molar-refractivity contribution in [2.45, 2.75) is 20.3 Å². The first-order chi connectivity index (χ1) is 12.7. The van der Waals surface area contributed by atoms with Crippen molar-refractivity contribution in [3.8, 4) is 39.5 Å². The van der Waals surface area contributed by atoms with Gasteiger partial charge in [-0.25, -0.2) is 0 Å². The molecular formula is C23H22O3. The number of ether oxygens (including phenoxy) is 2. The van der Waals surface area contributed by atoms with E-state index in [0.717, 1.165) is 17.5 Å². The molecule has 1 aliphatic rings. The number of benzene rings is 3. The molecule has 3 aromatic rings. The van der Waals surface area contributed by atoms with Crippen molar-refractivity contribution >= 4 is 0 Å². The van der Waals surface area contributed by atoms with Gasteiger partial charge in [-0.05, 0) is 60.2 Å². The van der Waals surface area contributed by atoms with Gasteiger partial charge >= 0.3 is 0 Å². The third kappa shape index (κ3) is 2.60. The van der Waals surface area contributed by atoms with E-state index in [9.17, 15) is 5.11 Å². The summed E-state index contributed by atoms with van der Waals surface area (Å²) in [5.74, 6) is 1.12. The van der Waals surface area contributed by atoms with E-state index in [2.05, 4.69) is 42.5 Å². The minimum absolute atomic E-state index is 0.135. The Bertz CT molecular complexity index is 960. The van der Waals surface area contributed by atoms with E-state index in [1.54, 1.807) is 0 Å². The molecule has 0 spiro atoms. The topological polar surface area (TPSA) is 38.7 Å². The highest BCUT2D eigenvalue weighted by molar-refractivity contribution is 5.92. The maximum atomic E-state index is 11.0. The van der Waals surface area contributed by atoms with Crippen LogP contribution in [0.4, 0.5) is 0 Å². The molecule has 0 amide bonds. The second-order valence-electron chi connectivity index (χ2n) is 6.33. The fraction of sp³-hybridized carbons (Fsp3) is 0.217. The van der Waals surface area contributed by atoms with Crippen LogP contribution >= 0.6 is 0 Å². The van der Waals surface area contributed by atoms with Crippen molar-refractivity contribution in [2.24, 2.45) is 0 Å². The Hall–Kier alpha value is -2.94. The summed E-state index contributed by atoms with van der Waals surface area (Å²) in [6, 6.07) is 18.5. The highest BCUT2D eigenvalue weighted by Crippen LogP contribution is 2.49. The Morgan fingerprint density at radius 3 is 2.31 bits per heavy atom. The number of hydrogen-bond donors (Lipinski definition) is 1. The first-order valence-corrected chi connectivity index (χ1v) is 9.06. The van der Waals surface area contributed by atoms with Crippen LogP contribution in [0.25, 0.3) is 22.3 Å². The summed E-state index contributed by atoms with van der Waals surface area (Å²) in [6.07, 6.45) is 0.926. The summed E-state index contributed by atoms with van der Waals surface area (Å²) in [5.41, 5.74) is 6.84. The second kappa shape index (κ2) is 6.75. The SMILES string of the molecule is CCOc1ccc(-c2cccc3c2-c2ccccc2C3)c(O)c1OCC. The van der Waals surface area contributed by atoms with Crippen LogP contribution < -0.4 is 9.47 Å². The second-order valence-corrected chi connectivity index (χ2v) is 6.33. The minimum atomic E-state index is 0.135. The Kier molecular flexibility index (Phi) is 4.29. The molecule has 1 N–H and O–H groups in total. The zero-order chi connectivity index (χ0) is 18.1. The lowest BCUT2D eigenvalue weighted by molar-refractivity contribution is 0.275. The summed E-state index contributed by atoms with van der Waals surface area (Å²) in [6.45, 7) is 4.81. The zero-order valence-corrected chi connectivity index (χ0v) is 15.1. The summed E-state index contributed by atoms with van der Waals surface area (Å²) in [5, 5.41) is 11.0. The molecule has 132 valence electrons. The summed E-state index contributed by atoms with van der Waals surface area (Å²) in [4.78, 5) is 0. The average Bonchev–Trinajstić information content (AvgIpc) is 3.04. The van der Waals surface area contributed by atoms with Crippen molar-refractivity contribution in [1.82, 2.24) is 0 Å². The summed E-state index contributed by atoms with van der Waals surface area (Å²) >= 11 is 0. The fourth-order valence-corrected chi connectivity index (χ4v) is 3.74. The molecule has 0 radical (unpaired) electrons. The fourth-order valence-electron chi connectivity index (χ4n) is 3.74. The van der Waals surface area contributed by atoms with Crippen molar-refractivity contribution in [3.63, 3.8) is 0 Å². The number of rotatable bonds is 5. The van der Waals surface area contributed by atoms with Crippen LogP contribution in [0.3, 0.4) is 0 Å². The molecule has 0 unspecified atom stereocenters. The van der Waals surface area contributed by atoms with Crippen molar-refractivity contribution in [2.75, 3.05) is 13.2 Å². The average molecular weight is 346 g/mol. The van der Waals surface area contributed by atoms with Crippen LogP contribution in [-0.4, -0.2) is 18.3 Å². The first kappa shape index (κ1) is 16.5. The molecule has 4 rings (SSSR count). The van der Waals surface area contributed by atoms with Gasteiger partial charge < -0.3 is 14.6 Å². The van der Waals surface area contributed by atoms with E-state index in [-0.39, 0.29) is 5.75 Å². The van der Waals surface area contributed by atoms with Crippen LogP contribution in [0, 0.1) is 0 Å². The van der Waals surface area contributed by atoms with E-state index in [1.807, 2.05) is 26.0 Å². The van der Waals surface area contributed by atoms with Crippen molar-refractivity contribution in [1.29, 1.82) is 0 Å². The Morgan fingerprint density at radius 2 is 1.50 bits per heavy atom. The molecule has 0 atom stereocenters. The van der Waals surface area contributed by atoms with E-state index < -0.39 is 0 Å². The van der Waals surface area contributed by atoms with Crippen molar-refractivity contribution in [3.05, 3.63) is 65.7 Å². The van der Waals surface area contributed by atoms with Gasteiger partial charge in [0, 0.05) is 5.56 Å². The maximum absolute atomic E-state index is 11.0. The smallest absolute Gasteiger partial charge is 0.203 e. The molecule has 3 nitrogen and oxygen atoms in total. The van der Waals surface area contributed by atoms with Gasteiger partial charge in [-0.2, -0.15) is 0 Å². The Morgan fingerprint density at radius 1 is 0.769 bits per heavy atom. The van der Waals surface area contributed by atoms with Crippen LogP contribution in [0.1, 0.15) is 25.0 Å². The molecule has 26 heavy (non-hydrogen) atoms. The van der Waals surface area contributed by atoms with E-state index in [0.29, 0.717) is 24.7 Å². The molecule has 3 aromatic carbocycles. The highest BCUT2D eigenvalue weighted by atomic mass is 16.5. The number of hydrogen-bond acceptors (Lipinski definition) is 3. The largest absolute Gasteiger partial charge is 0.504 e. The predicted molar refractivity (Wildman–Crippen MR) is 104 cm³/mol. The van der Waals surface area contributed by atoms with Gasteiger partial charge in [0.05, 0.1) is 13.2 Å². The summed E-state index contributed by atoms with van der Waals surface area (Å²) < 4.78 is 11.3. The predicted octanol–water partition coefficient (Wildman–Crippen LogP) is 5.43. The quantitative estimate of drug-likeness (QED) is 0.524. The number of phenols is 1. The maximum Gasteiger partial charge on any atom is 0.203 e. The monoisotopic (exact) mass is 346 g/mol. The van der Waals surface area contributed by atoms with Gasteiger partial charge in [-0.3, -0.25) is 0 Å². The molecule has 0 aliphatic heterocycles. The molecule has 0 aromatic heterocycles. The van der Waals surface area contributed by atoms with E-state index in [1.165, 1.54) is 22.3 Å². The zero-order valence-electron chi connectivity index (χ0n) is 15.1. The van der Waals surface area contributed by atoms with Crippen LogP contribution in [0.2, 0.25) is 0 Å². The highest BCUT2D eigenvalue weighted by Gasteiger charge is 2.24. The standard InChI is InChI=1S/C23H22O3/c1-3-25-20-13-12-19(22(24)23(20)26-4-2)18-11-7-9-16-14-15-8-5-6-10-17(15)21(16)18/h5-13,24H,3-4,14H2,1-2H3. The van der Waals surface area contributed by atoms with E-state index >= 15 is 0 Å². The van der Waals surface area contributed by atoms with Gasteiger partial charge in [0.25, 0.3) is 0 Å². The molecular weight excluding hydrogens is 324 g/mol. The van der Waals surface area contributed by atoms with Gasteiger partial charge in [-0.15, -0.1) is 0 Å². The van der Waals surface area contributed by atoms with Gasteiger partial charge in [0.15, 0.2) is 11.5 Å². The molecule has 0 heterocycles. The molecule has 0 saturated heterocycles. The van der Waals surface area contributed by atoms with Crippen molar-refractivity contribution < 1.29 is 14.6 Å². The van der Waals surface area contributed by atoms with Gasteiger partial charge in [0.1, 0.15) is 0 Å². The lowest BCUT2D eigenvalue weighted by Gasteiger charge is -2.17. The van der Waals surface area contributed by atoms with E-state index in [4.69, 9.17) is 9.47 Å². The number of fused-ring (bicyclic) bond motifs is 3. The molecule has 0 saturated carbocycles. The number of aromatic hydroxyl groups is 1. The van der Waals surface area contributed by atoms with Crippen LogP contribution in [0.5, 0.6) is 17.2 Å². The normalized spacial score (nSPS) is 11.8. The molecule has 0 bridgehead atoms. The van der Waals surface area contributed by atoms with Gasteiger partial charge in [0.2, 0.25) is 5.75 Å². The number of phenolic OH excluding ortho intramolecular Hbond substituents is 1. The third-order valence-corrected chi connectivity index (χ3v) is 4.79. The molecule has 3 heteroatoms. The lowest BCUT2D eigenvalue weighted by Crippen LogP contribution is -1.99. The Balaban J connectivity index is 1.91. The van der Waals surface area contributed by atoms with Crippen LogP contribution in [-0.2, 0) is 6.42 Å². The van der Waals surface area contributed by atoms with Crippen LogP contribution in [0.15, 0.2) is 54.6 Å². The Labute approximate surface area is 153 Å². The first-order valence-electron chi connectivity index (χ1n) is 9.06. The third-order valence-electron chi connectivity index (χ3n) is 4.79. The van der Waals surface area contributed by atoms with Gasteiger partial charge in [-0.1, -0.05) is 42.5 Å². The molecule has 1 aliphatic carbocycles. The molecule has 0 fully saturated rings. The lowest BCUT2D eigenvalue weighted by atomic mass is 9.93.